The summed E-state index contributed by atoms with van der Waals surface area (Å²) < 4.78 is 5.04. The molecule has 0 fully saturated rings. The number of aliphatic carboxylic acids is 1. The second-order valence-corrected chi connectivity index (χ2v) is 4.79. The lowest BCUT2D eigenvalue weighted by Gasteiger charge is -2.12. The van der Waals surface area contributed by atoms with Crippen molar-refractivity contribution in [1.29, 1.82) is 0 Å². The first kappa shape index (κ1) is 17.7. The van der Waals surface area contributed by atoms with Crippen LogP contribution in [0.2, 0.25) is 0 Å². The molecule has 0 heterocycles. The van der Waals surface area contributed by atoms with Crippen LogP contribution in [0.3, 0.4) is 0 Å². The van der Waals surface area contributed by atoms with E-state index in [0.717, 1.165) is 17.7 Å². The lowest BCUT2D eigenvalue weighted by Crippen LogP contribution is -2.39. The van der Waals surface area contributed by atoms with Crippen LogP contribution < -0.4 is 15.8 Å². The molecule has 0 radical (unpaired) electrons. The third-order valence-electron chi connectivity index (χ3n) is 3.10. The van der Waals surface area contributed by atoms with Crippen LogP contribution in [0.5, 0.6) is 5.75 Å². The second-order valence-electron chi connectivity index (χ2n) is 4.79. The van der Waals surface area contributed by atoms with Gasteiger partial charge >= 0.3 is 5.97 Å². The highest BCUT2D eigenvalue weighted by atomic mass is 16.5. The molecular formula is C16H22N2O4. The number of carboxylic acid groups (broad SMARTS) is 1. The predicted molar refractivity (Wildman–Crippen MR) is 84.5 cm³/mol. The monoisotopic (exact) mass is 306 g/mol. The van der Waals surface area contributed by atoms with Crippen LogP contribution in [0, 0.1) is 0 Å². The summed E-state index contributed by atoms with van der Waals surface area (Å²) in [6.45, 7) is 0.512. The highest BCUT2D eigenvalue weighted by molar-refractivity contribution is 5.94. The fourth-order valence-corrected chi connectivity index (χ4v) is 1.86. The number of methoxy groups -OCH3 is 1. The number of amides is 1. The average molecular weight is 306 g/mol. The van der Waals surface area contributed by atoms with Gasteiger partial charge in [-0.15, -0.1) is 0 Å². The summed E-state index contributed by atoms with van der Waals surface area (Å²) in [4.78, 5) is 22.9. The van der Waals surface area contributed by atoms with E-state index >= 15 is 0 Å². The van der Waals surface area contributed by atoms with Crippen LogP contribution in [0.25, 0.3) is 6.08 Å². The van der Waals surface area contributed by atoms with Crippen LogP contribution in [0.15, 0.2) is 30.3 Å². The van der Waals surface area contributed by atoms with Crippen molar-refractivity contribution in [2.24, 2.45) is 5.73 Å². The SMILES string of the molecule is COc1ccc(C=CC(=O)N[C@@H](CCCCN)C(=O)O)cc1. The number of carboxylic acids is 1. The van der Waals surface area contributed by atoms with Crippen LogP contribution >= 0.6 is 0 Å². The van der Waals surface area contributed by atoms with Crippen LogP contribution in [0.4, 0.5) is 0 Å². The molecule has 1 rings (SSSR count). The number of carbonyl (C=O) groups is 2. The van der Waals surface area contributed by atoms with Gasteiger partial charge in [0.2, 0.25) is 5.91 Å². The molecule has 0 aromatic heterocycles. The molecule has 0 aliphatic carbocycles. The van der Waals surface area contributed by atoms with E-state index in [2.05, 4.69) is 5.32 Å². The van der Waals surface area contributed by atoms with Gasteiger partial charge in [-0.2, -0.15) is 0 Å². The van der Waals surface area contributed by atoms with E-state index in [1.165, 1.54) is 6.08 Å². The van der Waals surface area contributed by atoms with Gasteiger partial charge in [0.1, 0.15) is 11.8 Å². The molecule has 0 saturated heterocycles. The van der Waals surface area contributed by atoms with Crippen molar-refractivity contribution >= 4 is 18.0 Å². The summed E-state index contributed by atoms with van der Waals surface area (Å²) in [6.07, 6.45) is 4.71. The number of hydrogen-bond donors (Lipinski definition) is 3. The molecule has 0 bridgehead atoms. The van der Waals surface area contributed by atoms with Gasteiger partial charge in [0, 0.05) is 6.08 Å². The number of benzene rings is 1. The van der Waals surface area contributed by atoms with Gasteiger partial charge in [-0.1, -0.05) is 12.1 Å². The van der Waals surface area contributed by atoms with Gasteiger partial charge < -0.3 is 20.9 Å². The summed E-state index contributed by atoms with van der Waals surface area (Å²) in [7, 11) is 1.58. The molecule has 0 aliphatic heterocycles. The molecule has 1 amide bonds. The number of unbranched alkanes of at least 4 members (excludes halogenated alkanes) is 1. The molecular weight excluding hydrogens is 284 g/mol. The van der Waals surface area contributed by atoms with E-state index in [0.29, 0.717) is 19.4 Å². The Kier molecular flexibility index (Phi) is 7.70. The first-order valence-corrected chi connectivity index (χ1v) is 7.12. The normalized spacial score (nSPS) is 12.1. The molecule has 6 heteroatoms. The van der Waals surface area contributed by atoms with Crippen molar-refractivity contribution in [3.05, 3.63) is 35.9 Å². The maximum atomic E-state index is 11.8. The van der Waals surface area contributed by atoms with Crippen molar-refractivity contribution in [2.75, 3.05) is 13.7 Å². The van der Waals surface area contributed by atoms with Gasteiger partial charge in [-0.05, 0) is 49.6 Å². The van der Waals surface area contributed by atoms with E-state index < -0.39 is 17.9 Å². The second kappa shape index (κ2) is 9.57. The van der Waals surface area contributed by atoms with Crippen LogP contribution in [0.1, 0.15) is 24.8 Å². The lowest BCUT2D eigenvalue weighted by atomic mass is 10.1. The van der Waals surface area contributed by atoms with Crippen LogP contribution in [-0.2, 0) is 9.59 Å². The van der Waals surface area contributed by atoms with E-state index in [4.69, 9.17) is 15.6 Å². The Bertz CT molecular complexity index is 511. The number of hydrogen-bond acceptors (Lipinski definition) is 4. The summed E-state index contributed by atoms with van der Waals surface area (Å²) >= 11 is 0. The fraction of sp³-hybridized carbons (Fsp3) is 0.375. The number of carbonyl (C=O) groups excluding carboxylic acids is 1. The Morgan fingerprint density at radius 2 is 2.00 bits per heavy atom. The lowest BCUT2D eigenvalue weighted by molar-refractivity contribution is -0.141. The summed E-state index contributed by atoms with van der Waals surface area (Å²) in [5.41, 5.74) is 6.19. The average Bonchev–Trinajstić information content (AvgIpc) is 2.52. The van der Waals surface area contributed by atoms with Crippen molar-refractivity contribution < 1.29 is 19.4 Å². The minimum absolute atomic E-state index is 0.370. The molecule has 0 saturated carbocycles. The maximum Gasteiger partial charge on any atom is 0.326 e. The molecule has 6 nitrogen and oxygen atoms in total. The molecule has 0 unspecified atom stereocenters. The van der Waals surface area contributed by atoms with Gasteiger partial charge in [0.05, 0.1) is 7.11 Å². The molecule has 1 aromatic rings. The smallest absolute Gasteiger partial charge is 0.326 e. The van der Waals surface area contributed by atoms with E-state index in [1.54, 1.807) is 37.5 Å². The minimum Gasteiger partial charge on any atom is -0.497 e. The Hall–Kier alpha value is -2.34. The number of ether oxygens (including phenoxy) is 1. The largest absolute Gasteiger partial charge is 0.497 e. The topological polar surface area (TPSA) is 102 Å². The van der Waals surface area contributed by atoms with Gasteiger partial charge in [0.15, 0.2) is 0 Å². The molecule has 0 spiro atoms. The van der Waals surface area contributed by atoms with Crippen molar-refractivity contribution in [2.45, 2.75) is 25.3 Å². The molecule has 120 valence electrons. The third kappa shape index (κ3) is 6.41. The fourth-order valence-electron chi connectivity index (χ4n) is 1.86. The zero-order valence-corrected chi connectivity index (χ0v) is 12.6. The summed E-state index contributed by atoms with van der Waals surface area (Å²) in [5.74, 6) is -0.744. The first-order valence-electron chi connectivity index (χ1n) is 7.12. The first-order chi connectivity index (χ1) is 10.6. The quantitative estimate of drug-likeness (QED) is 0.473. The van der Waals surface area contributed by atoms with E-state index in [-0.39, 0.29) is 0 Å². The van der Waals surface area contributed by atoms with Gasteiger partial charge in [0.25, 0.3) is 0 Å². The molecule has 22 heavy (non-hydrogen) atoms. The minimum atomic E-state index is -1.04. The molecule has 1 aromatic carbocycles. The van der Waals surface area contributed by atoms with Gasteiger partial charge in [-0.25, -0.2) is 4.79 Å². The zero-order chi connectivity index (χ0) is 16.4. The molecule has 1 atom stereocenters. The maximum absolute atomic E-state index is 11.8. The van der Waals surface area contributed by atoms with Crippen molar-refractivity contribution in [1.82, 2.24) is 5.32 Å². The Labute approximate surface area is 130 Å². The van der Waals surface area contributed by atoms with Crippen molar-refractivity contribution in [3.63, 3.8) is 0 Å². The highest BCUT2D eigenvalue weighted by Gasteiger charge is 2.17. The summed E-state index contributed by atoms with van der Waals surface area (Å²) in [6, 6.07) is 6.28. The predicted octanol–water partition coefficient (Wildman–Crippen LogP) is 1.41. The van der Waals surface area contributed by atoms with Gasteiger partial charge in [-0.3, -0.25) is 4.79 Å². The Balaban J connectivity index is 2.54. The third-order valence-corrected chi connectivity index (χ3v) is 3.10. The number of rotatable bonds is 9. The van der Waals surface area contributed by atoms with E-state index in [9.17, 15) is 9.59 Å². The summed E-state index contributed by atoms with van der Waals surface area (Å²) in [5, 5.41) is 11.6. The van der Waals surface area contributed by atoms with E-state index in [1.807, 2.05) is 0 Å². The number of nitrogens with one attached hydrogen (secondary N) is 1. The Morgan fingerprint density at radius 1 is 1.32 bits per heavy atom. The standard InChI is InChI=1S/C16H22N2O4/c1-22-13-8-5-12(6-9-13)7-10-15(19)18-14(16(20)21)4-2-3-11-17/h5-10,14H,2-4,11,17H2,1H3,(H,18,19)(H,20,21)/t14-/m0/s1. The Morgan fingerprint density at radius 3 is 2.55 bits per heavy atom. The number of nitrogens with two attached hydrogens (primary N) is 1. The molecule has 4 N–H and O–H groups in total. The zero-order valence-electron chi connectivity index (χ0n) is 12.6. The highest BCUT2D eigenvalue weighted by Crippen LogP contribution is 2.12. The van der Waals surface area contributed by atoms with Crippen LogP contribution in [-0.4, -0.2) is 36.7 Å². The van der Waals surface area contributed by atoms with Crippen molar-refractivity contribution in [3.8, 4) is 5.75 Å². The molecule has 0 aliphatic rings.